The van der Waals surface area contributed by atoms with E-state index >= 15 is 0 Å². The van der Waals surface area contributed by atoms with Crippen molar-refractivity contribution in [2.75, 3.05) is 18.4 Å². The molecule has 0 aliphatic rings. The van der Waals surface area contributed by atoms with Crippen molar-refractivity contribution in [1.29, 1.82) is 0 Å². The van der Waals surface area contributed by atoms with Gasteiger partial charge in [0.05, 0.1) is 11.3 Å². The maximum absolute atomic E-state index is 13.9. The molecule has 0 radical (unpaired) electrons. The summed E-state index contributed by atoms with van der Waals surface area (Å²) < 4.78 is 40.4. The van der Waals surface area contributed by atoms with E-state index in [1.807, 2.05) is 36.6 Å². The van der Waals surface area contributed by atoms with E-state index in [9.17, 15) is 22.8 Å². The number of carbonyl (C=O) groups is 2. The second-order valence-electron chi connectivity index (χ2n) is 6.86. The molecule has 2 aromatic carbocycles. The van der Waals surface area contributed by atoms with Crippen LogP contribution in [0.25, 0.3) is 0 Å². The lowest BCUT2D eigenvalue weighted by Crippen LogP contribution is -2.38. The third-order valence-corrected chi connectivity index (χ3v) is 6.67. The van der Waals surface area contributed by atoms with Crippen molar-refractivity contribution in [2.24, 2.45) is 0 Å². The molecule has 0 fully saturated rings. The number of thiophene rings is 1. The molecule has 0 unspecified atom stereocenters. The first-order chi connectivity index (χ1) is 15.4. The Balaban J connectivity index is 1.73. The van der Waals surface area contributed by atoms with E-state index in [1.54, 1.807) is 23.5 Å². The topological polar surface area (TPSA) is 49.4 Å². The summed E-state index contributed by atoms with van der Waals surface area (Å²) in [6.07, 6.45) is 0.600. The van der Waals surface area contributed by atoms with E-state index < -0.39 is 29.0 Å². The zero-order chi connectivity index (χ0) is 23.1. The smallest absolute Gasteiger partial charge is 0.255 e. The van der Waals surface area contributed by atoms with Crippen molar-refractivity contribution in [3.8, 4) is 0 Å². The number of nitrogens with zero attached hydrogens (tertiary/aromatic N) is 1. The predicted octanol–water partition coefficient (Wildman–Crippen LogP) is 5.95. The molecular weight excluding hydrogens is 457 g/mol. The van der Waals surface area contributed by atoms with Gasteiger partial charge in [-0.15, -0.1) is 23.1 Å². The summed E-state index contributed by atoms with van der Waals surface area (Å²) in [5, 5.41) is 4.20. The lowest BCUT2D eigenvalue weighted by atomic mass is 10.2. The molecular formula is C23H21F3N2O2S2. The van der Waals surface area contributed by atoms with Crippen LogP contribution in [-0.4, -0.2) is 29.8 Å². The first-order valence-corrected chi connectivity index (χ1v) is 11.7. The van der Waals surface area contributed by atoms with Gasteiger partial charge >= 0.3 is 0 Å². The van der Waals surface area contributed by atoms with Crippen LogP contribution >= 0.6 is 23.1 Å². The van der Waals surface area contributed by atoms with Gasteiger partial charge in [-0.2, -0.15) is 0 Å². The third kappa shape index (κ3) is 5.92. The van der Waals surface area contributed by atoms with Crippen molar-refractivity contribution in [2.45, 2.75) is 24.0 Å². The third-order valence-electron chi connectivity index (χ3n) is 4.49. The Kier molecular flexibility index (Phi) is 8.35. The van der Waals surface area contributed by atoms with Gasteiger partial charge in [0.25, 0.3) is 5.91 Å². The van der Waals surface area contributed by atoms with E-state index in [4.69, 9.17) is 0 Å². The van der Waals surface area contributed by atoms with Crippen molar-refractivity contribution >= 4 is 40.6 Å². The van der Waals surface area contributed by atoms with Gasteiger partial charge in [0.2, 0.25) is 5.91 Å². The molecule has 0 saturated carbocycles. The molecule has 0 atom stereocenters. The average molecular weight is 479 g/mol. The molecule has 3 rings (SSSR count). The first kappa shape index (κ1) is 23.9. The number of amides is 2. The van der Waals surface area contributed by atoms with E-state index in [2.05, 4.69) is 5.32 Å². The van der Waals surface area contributed by atoms with Crippen LogP contribution in [0, 0.1) is 17.5 Å². The van der Waals surface area contributed by atoms with Gasteiger partial charge in [-0.05, 0) is 42.1 Å². The highest BCUT2D eigenvalue weighted by Gasteiger charge is 2.22. The molecule has 0 saturated heterocycles. The highest BCUT2D eigenvalue weighted by atomic mass is 32.2. The fraction of sp³-hybridized carbons (Fsp3) is 0.217. The molecule has 168 valence electrons. The molecule has 0 spiro atoms. The summed E-state index contributed by atoms with van der Waals surface area (Å²) in [5.74, 6) is -4.82. The molecule has 1 heterocycles. The van der Waals surface area contributed by atoms with Gasteiger partial charge in [0.15, 0.2) is 17.5 Å². The molecule has 32 heavy (non-hydrogen) atoms. The van der Waals surface area contributed by atoms with Crippen LogP contribution in [0.4, 0.5) is 18.9 Å². The van der Waals surface area contributed by atoms with Gasteiger partial charge in [-0.1, -0.05) is 25.1 Å². The summed E-state index contributed by atoms with van der Waals surface area (Å²) in [5.41, 5.74) is -0.0148. The van der Waals surface area contributed by atoms with Crippen LogP contribution in [0.2, 0.25) is 0 Å². The average Bonchev–Trinajstić information content (AvgIpc) is 3.31. The summed E-state index contributed by atoms with van der Waals surface area (Å²) in [6.45, 7) is 1.82. The minimum atomic E-state index is -1.67. The molecule has 0 aliphatic heterocycles. The number of rotatable bonds is 9. The zero-order valence-corrected chi connectivity index (χ0v) is 18.9. The Hall–Kier alpha value is -2.78. The Bertz CT molecular complexity index is 1090. The van der Waals surface area contributed by atoms with Gasteiger partial charge in [0.1, 0.15) is 6.54 Å². The van der Waals surface area contributed by atoms with E-state index in [-0.39, 0.29) is 12.5 Å². The molecule has 1 N–H and O–H groups in total. The standard InChI is InChI=1S/C23H21F3N2O2S2/c1-2-11-28(13-20(29)27-18-10-9-17(24)21(25)22(18)26)23(30)16-7-3-4-8-19(16)32-14-15-6-5-12-31-15/h3-10,12H,2,11,13-14H2,1H3,(H,27,29). The Labute approximate surface area is 192 Å². The molecule has 4 nitrogen and oxygen atoms in total. The predicted molar refractivity (Wildman–Crippen MR) is 121 cm³/mol. The number of thioether (sulfide) groups is 1. The van der Waals surface area contributed by atoms with Gasteiger partial charge in [-0.25, -0.2) is 13.2 Å². The lowest BCUT2D eigenvalue weighted by Gasteiger charge is -2.23. The quantitative estimate of drug-likeness (QED) is 0.306. The number of nitrogens with one attached hydrogen (secondary N) is 1. The highest BCUT2D eigenvalue weighted by molar-refractivity contribution is 7.98. The number of carbonyl (C=O) groups excluding carboxylic acids is 2. The highest BCUT2D eigenvalue weighted by Crippen LogP contribution is 2.29. The first-order valence-electron chi connectivity index (χ1n) is 9.87. The van der Waals surface area contributed by atoms with Gasteiger partial charge in [-0.3, -0.25) is 9.59 Å². The van der Waals surface area contributed by atoms with Gasteiger partial charge in [0, 0.05) is 22.1 Å². The minimum absolute atomic E-state index is 0.302. The second kappa shape index (κ2) is 11.2. The number of hydrogen-bond acceptors (Lipinski definition) is 4. The van der Waals surface area contributed by atoms with Gasteiger partial charge < -0.3 is 10.2 Å². The number of anilines is 1. The molecule has 2 amide bonds. The SMILES string of the molecule is CCCN(CC(=O)Nc1ccc(F)c(F)c1F)C(=O)c1ccccc1SCc1cccs1. The van der Waals surface area contributed by atoms with Crippen molar-refractivity contribution in [3.63, 3.8) is 0 Å². The molecule has 0 aliphatic carbocycles. The van der Waals surface area contributed by atoms with Crippen LogP contribution in [0.15, 0.2) is 58.8 Å². The molecule has 1 aromatic heterocycles. The summed E-state index contributed by atoms with van der Waals surface area (Å²) in [4.78, 5) is 29.0. The Morgan fingerprint density at radius 1 is 1.03 bits per heavy atom. The van der Waals surface area contributed by atoms with Crippen molar-refractivity contribution < 1.29 is 22.8 Å². The van der Waals surface area contributed by atoms with Crippen LogP contribution in [0.5, 0.6) is 0 Å². The fourth-order valence-electron chi connectivity index (χ4n) is 2.99. The van der Waals surface area contributed by atoms with Crippen LogP contribution in [0.3, 0.4) is 0 Å². The number of hydrogen-bond donors (Lipinski definition) is 1. The van der Waals surface area contributed by atoms with E-state index in [1.165, 1.54) is 21.5 Å². The Morgan fingerprint density at radius 2 is 1.81 bits per heavy atom. The number of benzene rings is 2. The Morgan fingerprint density at radius 3 is 2.53 bits per heavy atom. The zero-order valence-electron chi connectivity index (χ0n) is 17.2. The molecule has 3 aromatic rings. The summed E-state index contributed by atoms with van der Waals surface area (Å²) in [7, 11) is 0. The maximum Gasteiger partial charge on any atom is 0.255 e. The summed E-state index contributed by atoms with van der Waals surface area (Å²) >= 11 is 3.16. The van der Waals surface area contributed by atoms with Crippen molar-refractivity contribution in [1.82, 2.24) is 4.90 Å². The lowest BCUT2D eigenvalue weighted by molar-refractivity contribution is -0.116. The van der Waals surface area contributed by atoms with Crippen LogP contribution < -0.4 is 5.32 Å². The summed E-state index contributed by atoms with van der Waals surface area (Å²) in [6, 6.07) is 12.8. The largest absolute Gasteiger partial charge is 0.329 e. The second-order valence-corrected chi connectivity index (χ2v) is 8.91. The van der Waals surface area contributed by atoms with Crippen LogP contribution in [-0.2, 0) is 10.5 Å². The molecule has 9 heteroatoms. The number of halogens is 3. The molecule has 0 bridgehead atoms. The monoisotopic (exact) mass is 478 g/mol. The maximum atomic E-state index is 13.9. The van der Waals surface area contributed by atoms with E-state index in [0.29, 0.717) is 24.3 Å². The fourth-order valence-corrected chi connectivity index (χ4v) is 4.81. The van der Waals surface area contributed by atoms with Crippen LogP contribution in [0.1, 0.15) is 28.6 Å². The minimum Gasteiger partial charge on any atom is -0.329 e. The van der Waals surface area contributed by atoms with E-state index in [0.717, 1.165) is 17.0 Å². The van der Waals surface area contributed by atoms with Crippen molar-refractivity contribution in [3.05, 3.63) is 81.8 Å². The normalized spacial score (nSPS) is 10.8.